The van der Waals surface area contributed by atoms with Crippen LogP contribution in [0.4, 0.5) is 10.1 Å². The van der Waals surface area contributed by atoms with E-state index in [1.165, 1.54) is 13.2 Å². The standard InChI is InChI=1S/C14H18FNO2/c1-4-5-10-14(2,13(17)18-3)16-12-9-7-6-8-11(12)15/h4,6-9,16H,1,5,10H2,2-3H3. The number of hydrogen-bond donors (Lipinski definition) is 1. The van der Waals surface area contributed by atoms with Crippen LogP contribution in [0.25, 0.3) is 0 Å². The topological polar surface area (TPSA) is 38.3 Å². The zero-order valence-corrected chi connectivity index (χ0v) is 10.7. The van der Waals surface area contributed by atoms with Crippen LogP contribution >= 0.6 is 0 Å². The van der Waals surface area contributed by atoms with Crippen molar-refractivity contribution < 1.29 is 13.9 Å². The molecule has 1 unspecified atom stereocenters. The van der Waals surface area contributed by atoms with Crippen LogP contribution in [-0.4, -0.2) is 18.6 Å². The van der Waals surface area contributed by atoms with Crippen LogP contribution in [-0.2, 0) is 9.53 Å². The molecule has 18 heavy (non-hydrogen) atoms. The first kappa shape index (κ1) is 14.2. The third kappa shape index (κ3) is 3.32. The Hall–Kier alpha value is -1.84. The van der Waals surface area contributed by atoms with Gasteiger partial charge in [0.05, 0.1) is 12.8 Å². The summed E-state index contributed by atoms with van der Waals surface area (Å²) in [6, 6.07) is 6.23. The lowest BCUT2D eigenvalue weighted by molar-refractivity contribution is -0.145. The molecule has 0 saturated heterocycles. The maximum Gasteiger partial charge on any atom is 0.331 e. The monoisotopic (exact) mass is 251 g/mol. The van der Waals surface area contributed by atoms with Gasteiger partial charge in [0.2, 0.25) is 0 Å². The Labute approximate surface area is 107 Å². The zero-order valence-electron chi connectivity index (χ0n) is 10.7. The van der Waals surface area contributed by atoms with Gasteiger partial charge in [-0.1, -0.05) is 18.2 Å². The number of rotatable bonds is 6. The first-order valence-corrected chi connectivity index (χ1v) is 5.75. The van der Waals surface area contributed by atoms with Gasteiger partial charge in [-0.3, -0.25) is 0 Å². The molecule has 0 amide bonds. The Morgan fingerprint density at radius 1 is 1.56 bits per heavy atom. The van der Waals surface area contributed by atoms with Crippen molar-refractivity contribution in [1.29, 1.82) is 0 Å². The fourth-order valence-electron chi connectivity index (χ4n) is 1.69. The number of methoxy groups -OCH3 is 1. The van der Waals surface area contributed by atoms with Gasteiger partial charge in [-0.15, -0.1) is 6.58 Å². The molecule has 1 N–H and O–H groups in total. The molecule has 3 nitrogen and oxygen atoms in total. The highest BCUT2D eigenvalue weighted by Gasteiger charge is 2.34. The lowest BCUT2D eigenvalue weighted by Gasteiger charge is -2.28. The van der Waals surface area contributed by atoms with E-state index < -0.39 is 17.3 Å². The third-order valence-corrected chi connectivity index (χ3v) is 2.77. The van der Waals surface area contributed by atoms with E-state index in [2.05, 4.69) is 11.9 Å². The van der Waals surface area contributed by atoms with Crippen molar-refractivity contribution in [1.82, 2.24) is 0 Å². The van der Waals surface area contributed by atoms with Crippen molar-refractivity contribution in [2.45, 2.75) is 25.3 Å². The van der Waals surface area contributed by atoms with Crippen molar-refractivity contribution in [3.63, 3.8) is 0 Å². The fraction of sp³-hybridized carbons (Fsp3) is 0.357. The first-order valence-electron chi connectivity index (χ1n) is 5.75. The number of allylic oxidation sites excluding steroid dienone is 1. The van der Waals surface area contributed by atoms with Crippen LogP contribution in [0.2, 0.25) is 0 Å². The molecule has 0 spiro atoms. The average Bonchev–Trinajstić information content (AvgIpc) is 2.38. The maximum absolute atomic E-state index is 13.6. The van der Waals surface area contributed by atoms with E-state index in [1.807, 2.05) is 0 Å². The van der Waals surface area contributed by atoms with Crippen molar-refractivity contribution in [3.8, 4) is 0 Å². The molecule has 0 radical (unpaired) electrons. The summed E-state index contributed by atoms with van der Waals surface area (Å²) in [5.74, 6) is -0.821. The molecule has 98 valence electrons. The number of para-hydroxylation sites is 1. The first-order chi connectivity index (χ1) is 8.53. The van der Waals surface area contributed by atoms with Crippen LogP contribution in [0.1, 0.15) is 19.8 Å². The van der Waals surface area contributed by atoms with Crippen molar-refractivity contribution in [2.24, 2.45) is 0 Å². The molecular weight excluding hydrogens is 233 g/mol. The number of hydrogen-bond acceptors (Lipinski definition) is 3. The molecule has 0 heterocycles. The minimum Gasteiger partial charge on any atom is -0.467 e. The molecule has 1 aromatic rings. The Balaban J connectivity index is 2.94. The van der Waals surface area contributed by atoms with E-state index >= 15 is 0 Å². The summed E-state index contributed by atoms with van der Waals surface area (Å²) < 4.78 is 18.3. The number of nitrogens with one attached hydrogen (secondary N) is 1. The predicted octanol–water partition coefficient (Wildman–Crippen LogP) is 3.14. The molecule has 1 atom stereocenters. The quantitative estimate of drug-likeness (QED) is 0.623. The Kier molecular flexibility index (Phi) is 4.89. The van der Waals surface area contributed by atoms with Crippen LogP contribution in [0.5, 0.6) is 0 Å². The van der Waals surface area contributed by atoms with Crippen molar-refractivity contribution in [2.75, 3.05) is 12.4 Å². The normalized spacial score (nSPS) is 13.5. The van der Waals surface area contributed by atoms with Gasteiger partial charge in [-0.2, -0.15) is 0 Å². The SMILES string of the molecule is C=CCCC(C)(Nc1ccccc1F)C(=O)OC. The average molecular weight is 251 g/mol. The fourth-order valence-corrected chi connectivity index (χ4v) is 1.69. The lowest BCUT2D eigenvalue weighted by Crippen LogP contribution is -2.44. The van der Waals surface area contributed by atoms with Crippen LogP contribution in [0, 0.1) is 5.82 Å². The van der Waals surface area contributed by atoms with Crippen LogP contribution in [0.15, 0.2) is 36.9 Å². The second-order valence-corrected chi connectivity index (χ2v) is 4.26. The molecule has 1 rings (SSSR count). The Morgan fingerprint density at radius 2 is 2.22 bits per heavy atom. The summed E-state index contributed by atoms with van der Waals surface area (Å²) in [6.45, 7) is 5.31. The van der Waals surface area contributed by atoms with E-state index in [-0.39, 0.29) is 5.69 Å². The summed E-state index contributed by atoms with van der Waals surface area (Å²) in [7, 11) is 1.32. The van der Waals surface area contributed by atoms with Gasteiger partial charge in [0, 0.05) is 0 Å². The number of halogens is 1. The summed E-state index contributed by atoms with van der Waals surface area (Å²) in [5, 5.41) is 2.91. The number of esters is 1. The Bertz CT molecular complexity index is 434. The molecule has 0 aliphatic heterocycles. The third-order valence-electron chi connectivity index (χ3n) is 2.77. The van der Waals surface area contributed by atoms with Gasteiger partial charge in [-0.25, -0.2) is 9.18 Å². The van der Waals surface area contributed by atoms with Gasteiger partial charge >= 0.3 is 5.97 Å². The van der Waals surface area contributed by atoms with Gasteiger partial charge < -0.3 is 10.1 Å². The zero-order chi connectivity index (χ0) is 13.6. The van der Waals surface area contributed by atoms with Crippen LogP contribution < -0.4 is 5.32 Å². The predicted molar refractivity (Wildman–Crippen MR) is 69.9 cm³/mol. The molecule has 0 bridgehead atoms. The van der Waals surface area contributed by atoms with E-state index in [1.54, 1.807) is 31.2 Å². The maximum atomic E-state index is 13.6. The van der Waals surface area contributed by atoms with E-state index in [9.17, 15) is 9.18 Å². The number of anilines is 1. The Morgan fingerprint density at radius 3 is 2.78 bits per heavy atom. The van der Waals surface area contributed by atoms with E-state index in [0.29, 0.717) is 12.8 Å². The highest BCUT2D eigenvalue weighted by atomic mass is 19.1. The summed E-state index contributed by atoms with van der Waals surface area (Å²) in [4.78, 5) is 11.8. The largest absolute Gasteiger partial charge is 0.467 e. The highest BCUT2D eigenvalue weighted by molar-refractivity contribution is 5.84. The van der Waals surface area contributed by atoms with Gasteiger partial charge in [0.15, 0.2) is 0 Å². The minimum absolute atomic E-state index is 0.287. The summed E-state index contributed by atoms with van der Waals surface area (Å²) >= 11 is 0. The van der Waals surface area contributed by atoms with Gasteiger partial charge in [0.1, 0.15) is 11.4 Å². The van der Waals surface area contributed by atoms with Crippen molar-refractivity contribution >= 4 is 11.7 Å². The molecule has 0 aliphatic carbocycles. The second kappa shape index (κ2) is 6.19. The molecule has 4 heteroatoms. The lowest BCUT2D eigenvalue weighted by atomic mass is 9.95. The number of carbonyl (C=O) groups excluding carboxylic acids is 1. The molecule has 0 fully saturated rings. The number of ether oxygens (including phenoxy) is 1. The summed E-state index contributed by atoms with van der Waals surface area (Å²) in [6.07, 6.45) is 2.83. The molecule has 1 aromatic carbocycles. The van der Waals surface area contributed by atoms with Crippen LogP contribution in [0.3, 0.4) is 0 Å². The number of carbonyl (C=O) groups is 1. The van der Waals surface area contributed by atoms with Gasteiger partial charge in [-0.05, 0) is 31.9 Å². The summed E-state index contributed by atoms with van der Waals surface area (Å²) in [5.41, 5.74) is -0.681. The number of benzene rings is 1. The molecular formula is C14H18FNO2. The minimum atomic E-state index is -0.967. The second-order valence-electron chi connectivity index (χ2n) is 4.26. The smallest absolute Gasteiger partial charge is 0.331 e. The van der Waals surface area contributed by atoms with E-state index in [4.69, 9.17) is 4.74 Å². The highest BCUT2D eigenvalue weighted by Crippen LogP contribution is 2.23. The molecule has 0 aliphatic rings. The van der Waals surface area contributed by atoms with E-state index in [0.717, 1.165) is 0 Å². The van der Waals surface area contributed by atoms with Crippen molar-refractivity contribution in [3.05, 3.63) is 42.7 Å². The molecule has 0 aromatic heterocycles. The van der Waals surface area contributed by atoms with Gasteiger partial charge in [0.25, 0.3) is 0 Å². The molecule has 0 saturated carbocycles.